The summed E-state index contributed by atoms with van der Waals surface area (Å²) in [5, 5.41) is 17.8. The second-order valence-corrected chi connectivity index (χ2v) is 11.3. The molecule has 5 N–H and O–H groups in total. The number of amides is 1. The number of allylic oxidation sites excluding steroid dienone is 1. The number of hydrogen-bond acceptors (Lipinski definition) is 5. The molecule has 7 atom stereocenters. The Balaban J connectivity index is 1.66. The molecule has 0 radical (unpaired) electrons. The van der Waals surface area contributed by atoms with Crippen LogP contribution in [-0.2, 0) is 6.42 Å². The lowest BCUT2D eigenvalue weighted by Gasteiger charge is -2.25. The number of aliphatic hydroxyl groups is 1. The van der Waals surface area contributed by atoms with Crippen molar-refractivity contribution in [3.63, 3.8) is 0 Å². The summed E-state index contributed by atoms with van der Waals surface area (Å²) in [6, 6.07) is 12.1. The van der Waals surface area contributed by atoms with Gasteiger partial charge in [0.1, 0.15) is 10.3 Å². The Hall–Kier alpha value is -2.40. The first-order valence-corrected chi connectivity index (χ1v) is 14.4. The van der Waals surface area contributed by atoms with Crippen LogP contribution in [0.2, 0.25) is 10.3 Å². The van der Waals surface area contributed by atoms with Gasteiger partial charge in [0.05, 0.1) is 18.2 Å². The largest absolute Gasteiger partial charge is 0.390 e. The number of carbonyl (C=O) groups excluding carboxylic acids is 1. The van der Waals surface area contributed by atoms with Crippen LogP contribution in [0.4, 0.5) is 0 Å². The molecule has 1 aromatic heterocycles. The number of aliphatic hydroxyl groups excluding tert-OH is 1. The number of pyridine rings is 1. The normalized spacial score (nSPS) is 20.4. The Morgan fingerprint density at radius 3 is 2.56 bits per heavy atom. The van der Waals surface area contributed by atoms with E-state index in [0.29, 0.717) is 24.2 Å². The number of nitrogens with one attached hydrogen (secondary N) is 2. The molecule has 1 fully saturated rings. The zero-order chi connectivity index (χ0) is 28.4. The Labute approximate surface area is 242 Å². The van der Waals surface area contributed by atoms with Crippen LogP contribution in [0.1, 0.15) is 56.0 Å². The Kier molecular flexibility index (Phi) is 12.3. The van der Waals surface area contributed by atoms with E-state index in [9.17, 15) is 9.90 Å². The highest BCUT2D eigenvalue weighted by molar-refractivity contribution is 6.33. The van der Waals surface area contributed by atoms with Gasteiger partial charge in [-0.15, -0.1) is 0 Å². The molecule has 1 saturated carbocycles. The van der Waals surface area contributed by atoms with Crippen molar-refractivity contribution in [2.45, 2.75) is 70.7 Å². The summed E-state index contributed by atoms with van der Waals surface area (Å²) < 4.78 is 0. The van der Waals surface area contributed by atoms with Crippen LogP contribution in [-0.4, -0.2) is 46.8 Å². The van der Waals surface area contributed by atoms with Crippen molar-refractivity contribution in [3.8, 4) is 11.8 Å². The maximum absolute atomic E-state index is 13.0. The Bertz CT molecular complexity index is 1140. The van der Waals surface area contributed by atoms with Crippen molar-refractivity contribution >= 4 is 29.1 Å². The van der Waals surface area contributed by atoms with Crippen molar-refractivity contribution in [1.29, 1.82) is 0 Å². The third-order valence-corrected chi connectivity index (χ3v) is 7.52. The molecule has 1 aliphatic carbocycles. The van der Waals surface area contributed by atoms with E-state index < -0.39 is 12.1 Å². The molecule has 0 bridgehead atoms. The van der Waals surface area contributed by atoms with E-state index in [-0.39, 0.29) is 40.4 Å². The van der Waals surface area contributed by atoms with E-state index in [1.54, 1.807) is 0 Å². The van der Waals surface area contributed by atoms with Crippen molar-refractivity contribution in [3.05, 3.63) is 76.0 Å². The fourth-order valence-electron chi connectivity index (χ4n) is 4.40. The molecule has 1 amide bonds. The van der Waals surface area contributed by atoms with Gasteiger partial charge in [0.15, 0.2) is 0 Å². The molecule has 1 aliphatic rings. The maximum atomic E-state index is 13.0. The highest BCUT2D eigenvalue weighted by atomic mass is 35.5. The molecule has 0 aliphatic heterocycles. The van der Waals surface area contributed by atoms with Crippen molar-refractivity contribution in [1.82, 2.24) is 15.6 Å². The van der Waals surface area contributed by atoms with Crippen LogP contribution < -0.4 is 16.4 Å². The van der Waals surface area contributed by atoms with Crippen LogP contribution in [0.15, 0.2) is 54.6 Å². The van der Waals surface area contributed by atoms with Crippen LogP contribution in [0.25, 0.3) is 0 Å². The third-order valence-electron chi connectivity index (χ3n) is 7.13. The lowest BCUT2D eigenvalue weighted by atomic mass is 9.97. The number of benzene rings is 1. The number of halogens is 2. The van der Waals surface area contributed by atoms with E-state index in [1.165, 1.54) is 12.1 Å². The molecule has 2 aromatic rings. The number of rotatable bonds is 13. The first-order valence-electron chi connectivity index (χ1n) is 13.7. The molecule has 1 heterocycles. The van der Waals surface area contributed by atoms with Crippen LogP contribution in [0.3, 0.4) is 0 Å². The van der Waals surface area contributed by atoms with E-state index in [4.69, 9.17) is 28.9 Å². The van der Waals surface area contributed by atoms with Crippen molar-refractivity contribution in [2.24, 2.45) is 23.5 Å². The number of nitrogens with two attached hydrogens (primary N) is 1. The first kappa shape index (κ1) is 31.1. The second kappa shape index (κ2) is 15.4. The van der Waals surface area contributed by atoms with Crippen molar-refractivity contribution in [2.75, 3.05) is 6.54 Å². The summed E-state index contributed by atoms with van der Waals surface area (Å²) in [4.78, 5) is 16.9. The number of carbonyl (C=O) groups is 1. The van der Waals surface area contributed by atoms with Gasteiger partial charge in [-0.1, -0.05) is 91.4 Å². The fourth-order valence-corrected chi connectivity index (χ4v) is 4.86. The van der Waals surface area contributed by atoms with Crippen LogP contribution in [0.5, 0.6) is 0 Å². The zero-order valence-corrected chi connectivity index (χ0v) is 24.4. The third kappa shape index (κ3) is 10.6. The molecule has 3 rings (SSSR count). The van der Waals surface area contributed by atoms with Crippen LogP contribution >= 0.6 is 23.2 Å². The molecule has 1 aromatic carbocycles. The molecule has 7 unspecified atom stereocenters. The molecule has 0 saturated heterocycles. The monoisotopic (exact) mass is 570 g/mol. The van der Waals surface area contributed by atoms with Gasteiger partial charge in [-0.05, 0) is 62.1 Å². The predicted octanol–water partition coefficient (Wildman–Crippen LogP) is 5.03. The average Bonchev–Trinajstić information content (AvgIpc) is 3.65. The topological polar surface area (TPSA) is 100 Å². The van der Waals surface area contributed by atoms with Gasteiger partial charge in [0.25, 0.3) is 5.91 Å². The van der Waals surface area contributed by atoms with Gasteiger partial charge in [-0.25, -0.2) is 4.98 Å². The maximum Gasteiger partial charge on any atom is 0.251 e. The fraction of sp³-hybridized carbons (Fsp3) is 0.484. The van der Waals surface area contributed by atoms with Gasteiger partial charge in [0, 0.05) is 24.1 Å². The Morgan fingerprint density at radius 1 is 1.23 bits per heavy atom. The van der Waals surface area contributed by atoms with E-state index >= 15 is 0 Å². The first-order chi connectivity index (χ1) is 18.7. The second-order valence-electron chi connectivity index (χ2n) is 10.5. The van der Waals surface area contributed by atoms with Gasteiger partial charge in [-0.2, -0.15) is 0 Å². The minimum atomic E-state index is -0.873. The molecule has 8 heteroatoms. The average molecular weight is 572 g/mol. The van der Waals surface area contributed by atoms with Gasteiger partial charge in [-0.3, -0.25) is 10.1 Å². The predicted molar refractivity (Wildman–Crippen MR) is 160 cm³/mol. The standard InChI is InChI=1S/C31H40Cl2N4O2/c1-4-5-11-26(13-12-23-16-24(23)14-20(2)21(3)34)35-19-28(38)27(15-22-9-7-6-8-10-22)36-31(39)25-17-29(32)37-30(33)18-25/h5-11,17-18,20-21,23-24,26-28,35,38H,4,14-16,19,34H2,1-3H3,(H,36,39). The lowest BCUT2D eigenvalue weighted by Crippen LogP contribution is -2.49. The Morgan fingerprint density at radius 2 is 1.92 bits per heavy atom. The molecular formula is C31H40Cl2N4O2. The number of hydrogen-bond donors (Lipinski definition) is 4. The summed E-state index contributed by atoms with van der Waals surface area (Å²) in [5.41, 5.74) is 7.31. The molecule has 39 heavy (non-hydrogen) atoms. The smallest absolute Gasteiger partial charge is 0.251 e. The summed E-state index contributed by atoms with van der Waals surface area (Å²) in [5.74, 6) is 7.91. The molecule has 0 spiro atoms. The van der Waals surface area contributed by atoms with E-state index in [2.05, 4.69) is 54.3 Å². The van der Waals surface area contributed by atoms with Gasteiger partial charge < -0.3 is 16.2 Å². The highest BCUT2D eigenvalue weighted by Crippen LogP contribution is 2.43. The van der Waals surface area contributed by atoms with Gasteiger partial charge in [0.2, 0.25) is 0 Å². The van der Waals surface area contributed by atoms with Gasteiger partial charge >= 0.3 is 0 Å². The molecular weight excluding hydrogens is 531 g/mol. The molecule has 6 nitrogen and oxygen atoms in total. The molecule has 210 valence electrons. The minimum Gasteiger partial charge on any atom is -0.390 e. The quantitative estimate of drug-likeness (QED) is 0.154. The summed E-state index contributed by atoms with van der Waals surface area (Å²) in [7, 11) is 0. The zero-order valence-electron chi connectivity index (χ0n) is 22.9. The highest BCUT2D eigenvalue weighted by Gasteiger charge is 2.37. The lowest BCUT2D eigenvalue weighted by molar-refractivity contribution is 0.0830. The summed E-state index contributed by atoms with van der Waals surface area (Å²) in [6.45, 7) is 6.58. The van der Waals surface area contributed by atoms with E-state index in [1.807, 2.05) is 36.4 Å². The number of aromatic nitrogens is 1. The van der Waals surface area contributed by atoms with E-state index in [0.717, 1.165) is 24.8 Å². The SMILES string of the molecule is CCC=CC(C#CC1CC1CC(C)C(C)N)NCC(O)C(Cc1ccccc1)NC(=O)c1cc(Cl)nc(Cl)c1. The summed E-state index contributed by atoms with van der Waals surface area (Å²) in [6.07, 6.45) is 6.80. The minimum absolute atomic E-state index is 0.128. The van der Waals surface area contributed by atoms with Crippen LogP contribution in [0, 0.1) is 29.6 Å². The number of nitrogens with zero attached hydrogens (tertiary/aromatic N) is 1. The summed E-state index contributed by atoms with van der Waals surface area (Å²) >= 11 is 12.0. The van der Waals surface area contributed by atoms with Crippen molar-refractivity contribution < 1.29 is 9.90 Å².